The van der Waals surface area contributed by atoms with Crippen LogP contribution in [0.25, 0.3) is 0 Å². The molecule has 1 aromatic carbocycles. The maximum Gasteiger partial charge on any atom is 0.254 e. The molecule has 0 radical (unpaired) electrons. The molecule has 0 N–H and O–H groups in total. The molecule has 0 bridgehead atoms. The second kappa shape index (κ2) is 12.0. The number of nitrogens with zero attached hydrogens (tertiary/aromatic N) is 3. The fraction of sp³-hybridized carbons (Fsp3) is 0.478. The lowest BCUT2D eigenvalue weighted by molar-refractivity contribution is 0.0355. The van der Waals surface area contributed by atoms with E-state index in [9.17, 15) is 4.79 Å². The maximum atomic E-state index is 13.5. The van der Waals surface area contributed by atoms with Crippen molar-refractivity contribution in [3.63, 3.8) is 0 Å². The number of halogens is 1. The molecule has 2 heterocycles. The molecule has 1 aliphatic heterocycles. The van der Waals surface area contributed by atoms with Crippen molar-refractivity contribution in [2.75, 3.05) is 53.1 Å². The van der Waals surface area contributed by atoms with Crippen LogP contribution < -0.4 is 9.47 Å². The number of amides is 1. The summed E-state index contributed by atoms with van der Waals surface area (Å²) >= 11 is 3.53. The van der Waals surface area contributed by atoms with Gasteiger partial charge in [0.15, 0.2) is 11.5 Å². The van der Waals surface area contributed by atoms with E-state index in [0.717, 1.165) is 44.8 Å². The van der Waals surface area contributed by atoms with Gasteiger partial charge >= 0.3 is 0 Å². The molecule has 0 atom stereocenters. The van der Waals surface area contributed by atoms with Crippen molar-refractivity contribution >= 4 is 21.8 Å². The Morgan fingerprint density at radius 3 is 2.68 bits per heavy atom. The van der Waals surface area contributed by atoms with Crippen LogP contribution in [0.3, 0.4) is 0 Å². The Morgan fingerprint density at radius 1 is 1.26 bits per heavy atom. The zero-order valence-corrected chi connectivity index (χ0v) is 19.8. The van der Waals surface area contributed by atoms with Gasteiger partial charge in [-0.2, -0.15) is 0 Å². The normalized spacial score (nSPS) is 14.3. The van der Waals surface area contributed by atoms with Crippen LogP contribution in [0.15, 0.2) is 41.1 Å². The number of pyridine rings is 1. The molecule has 31 heavy (non-hydrogen) atoms. The van der Waals surface area contributed by atoms with Crippen molar-refractivity contribution < 1.29 is 19.0 Å². The average molecular weight is 492 g/mol. The molecule has 1 saturated heterocycles. The molecule has 1 fully saturated rings. The molecule has 3 rings (SSSR count). The third-order valence-electron chi connectivity index (χ3n) is 5.18. The number of morpholine rings is 1. The second-order valence-electron chi connectivity index (χ2n) is 7.31. The van der Waals surface area contributed by atoms with Gasteiger partial charge in [0, 0.05) is 50.7 Å². The third-order valence-corrected chi connectivity index (χ3v) is 5.77. The highest BCUT2D eigenvalue weighted by molar-refractivity contribution is 9.10. The van der Waals surface area contributed by atoms with Gasteiger partial charge in [-0.3, -0.25) is 14.7 Å². The Hall–Kier alpha value is -2.16. The van der Waals surface area contributed by atoms with Crippen LogP contribution in [-0.2, 0) is 11.3 Å². The van der Waals surface area contributed by atoms with Gasteiger partial charge in [0.25, 0.3) is 5.91 Å². The summed E-state index contributed by atoms with van der Waals surface area (Å²) in [6.07, 6.45) is 4.40. The number of methoxy groups -OCH3 is 1. The van der Waals surface area contributed by atoms with Crippen molar-refractivity contribution in [3.05, 3.63) is 52.3 Å². The smallest absolute Gasteiger partial charge is 0.254 e. The fourth-order valence-electron chi connectivity index (χ4n) is 3.58. The number of carbonyl (C=O) groups is 1. The molecule has 1 aliphatic rings. The van der Waals surface area contributed by atoms with Gasteiger partial charge in [-0.1, -0.05) is 0 Å². The van der Waals surface area contributed by atoms with Crippen molar-refractivity contribution in [1.29, 1.82) is 0 Å². The Morgan fingerprint density at radius 2 is 2.00 bits per heavy atom. The summed E-state index contributed by atoms with van der Waals surface area (Å²) in [6, 6.07) is 7.44. The van der Waals surface area contributed by atoms with E-state index >= 15 is 0 Å². The number of hydrogen-bond donors (Lipinski definition) is 0. The van der Waals surface area contributed by atoms with Crippen molar-refractivity contribution in [2.24, 2.45) is 0 Å². The number of benzene rings is 1. The predicted molar refractivity (Wildman–Crippen MR) is 123 cm³/mol. The van der Waals surface area contributed by atoms with E-state index in [2.05, 4.69) is 25.8 Å². The summed E-state index contributed by atoms with van der Waals surface area (Å²) in [4.78, 5) is 21.8. The molecule has 8 heteroatoms. The quantitative estimate of drug-likeness (QED) is 0.505. The number of ether oxygens (including phenoxy) is 3. The van der Waals surface area contributed by atoms with Crippen LogP contribution >= 0.6 is 15.9 Å². The fourth-order valence-corrected chi connectivity index (χ4v) is 4.14. The van der Waals surface area contributed by atoms with Crippen LogP contribution in [0.5, 0.6) is 11.5 Å². The van der Waals surface area contributed by atoms with E-state index in [-0.39, 0.29) is 5.91 Å². The minimum Gasteiger partial charge on any atom is -0.493 e. The van der Waals surface area contributed by atoms with Crippen LogP contribution in [0.4, 0.5) is 0 Å². The van der Waals surface area contributed by atoms with Crippen molar-refractivity contribution in [1.82, 2.24) is 14.8 Å². The lowest BCUT2D eigenvalue weighted by Gasteiger charge is -2.28. The first-order valence-corrected chi connectivity index (χ1v) is 11.4. The highest BCUT2D eigenvalue weighted by Gasteiger charge is 2.21. The van der Waals surface area contributed by atoms with E-state index in [1.54, 1.807) is 31.6 Å². The summed E-state index contributed by atoms with van der Waals surface area (Å²) in [6.45, 7) is 8.00. The van der Waals surface area contributed by atoms with E-state index in [1.807, 2.05) is 24.0 Å². The SMILES string of the molecule is CCOc1c(Br)cc(C(=O)N(CCCN2CCOCC2)Cc2ccncc2)cc1OC. The molecule has 168 valence electrons. The Bertz CT molecular complexity index is 844. The number of carbonyl (C=O) groups excluding carboxylic acids is 1. The van der Waals surface area contributed by atoms with Crippen molar-refractivity contribution in [2.45, 2.75) is 19.9 Å². The van der Waals surface area contributed by atoms with E-state index in [1.165, 1.54) is 0 Å². The Balaban J connectivity index is 1.76. The van der Waals surface area contributed by atoms with Gasteiger partial charge in [0.1, 0.15) is 0 Å². The van der Waals surface area contributed by atoms with E-state index < -0.39 is 0 Å². The number of rotatable bonds is 10. The van der Waals surface area contributed by atoms with Crippen LogP contribution in [0.1, 0.15) is 29.3 Å². The first-order valence-electron chi connectivity index (χ1n) is 10.6. The summed E-state index contributed by atoms with van der Waals surface area (Å²) in [5, 5.41) is 0. The molecule has 0 aliphatic carbocycles. The van der Waals surface area contributed by atoms with Gasteiger partial charge in [0.2, 0.25) is 0 Å². The molecule has 0 saturated carbocycles. The standard InChI is InChI=1S/C23H30BrN3O4/c1-3-31-22-20(24)15-19(16-21(22)29-2)23(28)27(17-18-5-7-25-8-6-18)10-4-9-26-11-13-30-14-12-26/h5-8,15-16H,3-4,9-14,17H2,1-2H3. The maximum absolute atomic E-state index is 13.5. The van der Waals surface area contributed by atoms with Gasteiger partial charge in [0.05, 0.1) is 31.4 Å². The first kappa shape index (κ1) is 23.5. The molecule has 7 nitrogen and oxygen atoms in total. The predicted octanol–water partition coefficient (Wildman–Crippen LogP) is 3.62. The Labute approximate surface area is 192 Å². The van der Waals surface area contributed by atoms with Gasteiger partial charge in [-0.15, -0.1) is 0 Å². The van der Waals surface area contributed by atoms with Crippen LogP contribution in [0, 0.1) is 0 Å². The third kappa shape index (κ3) is 6.66. The second-order valence-corrected chi connectivity index (χ2v) is 8.17. The topological polar surface area (TPSA) is 64.1 Å². The molecular formula is C23H30BrN3O4. The summed E-state index contributed by atoms with van der Waals surface area (Å²) in [7, 11) is 1.58. The zero-order chi connectivity index (χ0) is 22.1. The Kier molecular flexibility index (Phi) is 9.12. The highest BCUT2D eigenvalue weighted by Crippen LogP contribution is 2.37. The largest absolute Gasteiger partial charge is 0.493 e. The molecular weight excluding hydrogens is 462 g/mol. The van der Waals surface area contributed by atoms with Crippen molar-refractivity contribution in [3.8, 4) is 11.5 Å². The first-order chi connectivity index (χ1) is 15.1. The summed E-state index contributed by atoms with van der Waals surface area (Å²) in [5.41, 5.74) is 1.61. The lowest BCUT2D eigenvalue weighted by atomic mass is 10.1. The monoisotopic (exact) mass is 491 g/mol. The zero-order valence-electron chi connectivity index (χ0n) is 18.2. The number of hydrogen-bond acceptors (Lipinski definition) is 6. The van der Waals surface area contributed by atoms with Gasteiger partial charge in [-0.25, -0.2) is 0 Å². The summed E-state index contributed by atoms with van der Waals surface area (Å²) < 4.78 is 17.3. The van der Waals surface area contributed by atoms with Gasteiger partial charge in [-0.05, 0) is 59.1 Å². The van der Waals surface area contributed by atoms with Crippen LogP contribution in [-0.4, -0.2) is 73.8 Å². The minimum atomic E-state index is -0.0409. The molecule has 1 amide bonds. The molecule has 0 unspecified atom stereocenters. The molecule has 2 aromatic rings. The minimum absolute atomic E-state index is 0.0409. The average Bonchev–Trinajstić information content (AvgIpc) is 2.80. The van der Waals surface area contributed by atoms with Crippen LogP contribution in [0.2, 0.25) is 0 Å². The van der Waals surface area contributed by atoms with E-state index in [0.29, 0.717) is 41.2 Å². The lowest BCUT2D eigenvalue weighted by Crippen LogP contribution is -2.39. The van der Waals surface area contributed by atoms with Gasteiger partial charge < -0.3 is 19.1 Å². The highest BCUT2D eigenvalue weighted by atomic mass is 79.9. The summed E-state index contributed by atoms with van der Waals surface area (Å²) in [5.74, 6) is 1.10. The number of aromatic nitrogens is 1. The molecule has 0 spiro atoms. The van der Waals surface area contributed by atoms with E-state index in [4.69, 9.17) is 14.2 Å². The molecule has 1 aromatic heterocycles.